The fraction of sp³-hybridized carbons (Fsp3) is 0.800. The first kappa shape index (κ1) is 12.0. The maximum absolute atomic E-state index is 11.1. The second kappa shape index (κ2) is 5.70. The summed E-state index contributed by atoms with van der Waals surface area (Å²) >= 11 is 0. The molecule has 1 rings (SSSR count). The Labute approximate surface area is 88.4 Å². The van der Waals surface area contributed by atoms with E-state index in [4.69, 9.17) is 9.84 Å². The highest BCUT2D eigenvalue weighted by molar-refractivity contribution is 5.73. The summed E-state index contributed by atoms with van der Waals surface area (Å²) < 4.78 is 9.75. The van der Waals surface area contributed by atoms with Gasteiger partial charge in [0.15, 0.2) is 0 Å². The molecule has 0 aromatic carbocycles. The highest BCUT2D eigenvalue weighted by Crippen LogP contribution is 2.26. The van der Waals surface area contributed by atoms with Crippen LogP contribution in [0, 0.1) is 11.8 Å². The van der Waals surface area contributed by atoms with E-state index in [1.54, 1.807) is 0 Å². The van der Waals surface area contributed by atoms with E-state index in [0.717, 1.165) is 0 Å². The Morgan fingerprint density at radius 2 is 2.07 bits per heavy atom. The van der Waals surface area contributed by atoms with E-state index in [0.29, 0.717) is 26.1 Å². The van der Waals surface area contributed by atoms with Gasteiger partial charge in [0, 0.05) is 19.6 Å². The van der Waals surface area contributed by atoms with Crippen molar-refractivity contribution in [1.82, 2.24) is 0 Å². The third-order valence-corrected chi connectivity index (χ3v) is 2.75. The third-order valence-electron chi connectivity index (χ3n) is 2.75. The Morgan fingerprint density at radius 3 is 2.67 bits per heavy atom. The zero-order valence-corrected chi connectivity index (χ0v) is 8.77. The maximum Gasteiger partial charge on any atom is 0.306 e. The number of carbonyl (C=O) groups is 2. The summed E-state index contributed by atoms with van der Waals surface area (Å²) in [4.78, 5) is 22.1. The van der Waals surface area contributed by atoms with Crippen LogP contribution in [0.3, 0.4) is 0 Å². The minimum Gasteiger partial charge on any atom is -0.481 e. The number of aliphatic carboxylic acids is 1. The molecule has 86 valence electrons. The van der Waals surface area contributed by atoms with Gasteiger partial charge in [-0.05, 0) is 18.8 Å². The molecule has 0 spiro atoms. The minimum absolute atomic E-state index is 0.164. The van der Waals surface area contributed by atoms with Gasteiger partial charge in [-0.25, -0.2) is 0 Å². The normalized spacial score (nSPS) is 26.7. The molecule has 15 heavy (non-hydrogen) atoms. The van der Waals surface area contributed by atoms with Crippen LogP contribution in [-0.4, -0.2) is 37.4 Å². The Morgan fingerprint density at radius 1 is 1.40 bits per heavy atom. The first-order valence-corrected chi connectivity index (χ1v) is 5.02. The lowest BCUT2D eigenvalue weighted by Crippen LogP contribution is -2.26. The molecular formula is C10H16O5. The highest BCUT2D eigenvalue weighted by atomic mass is 16.5. The molecule has 1 heterocycles. The fourth-order valence-electron chi connectivity index (χ4n) is 1.85. The van der Waals surface area contributed by atoms with Gasteiger partial charge >= 0.3 is 11.9 Å². The summed E-state index contributed by atoms with van der Waals surface area (Å²) in [5.41, 5.74) is 0. The number of carbonyl (C=O) groups excluding carboxylic acids is 1. The average molecular weight is 216 g/mol. The standard InChI is InChI=1S/C10H16O5/c1-14-9(11)6-7-2-4-15-5-3-8(7)10(12)13/h7-8H,2-6H2,1H3,(H,12,13). The minimum atomic E-state index is -0.852. The smallest absolute Gasteiger partial charge is 0.306 e. The average Bonchev–Trinajstić information content (AvgIpc) is 2.43. The van der Waals surface area contributed by atoms with Crippen molar-refractivity contribution in [1.29, 1.82) is 0 Å². The van der Waals surface area contributed by atoms with Crippen molar-refractivity contribution in [3.63, 3.8) is 0 Å². The number of carboxylic acid groups (broad SMARTS) is 1. The summed E-state index contributed by atoms with van der Waals surface area (Å²) in [6.07, 6.45) is 1.24. The summed E-state index contributed by atoms with van der Waals surface area (Å²) in [5, 5.41) is 9.01. The molecule has 0 aromatic heterocycles. The maximum atomic E-state index is 11.1. The van der Waals surface area contributed by atoms with Crippen molar-refractivity contribution in [2.24, 2.45) is 11.8 Å². The topological polar surface area (TPSA) is 72.8 Å². The van der Waals surface area contributed by atoms with E-state index in [1.807, 2.05) is 0 Å². The first-order valence-electron chi connectivity index (χ1n) is 5.02. The molecule has 0 bridgehead atoms. The van der Waals surface area contributed by atoms with E-state index in [2.05, 4.69) is 4.74 Å². The molecule has 0 saturated carbocycles. The van der Waals surface area contributed by atoms with Crippen LogP contribution < -0.4 is 0 Å². The van der Waals surface area contributed by atoms with Crippen LogP contribution in [0.4, 0.5) is 0 Å². The third kappa shape index (κ3) is 3.51. The van der Waals surface area contributed by atoms with E-state index in [9.17, 15) is 9.59 Å². The van der Waals surface area contributed by atoms with Gasteiger partial charge in [-0.1, -0.05) is 0 Å². The molecule has 1 saturated heterocycles. The fourth-order valence-corrected chi connectivity index (χ4v) is 1.85. The quantitative estimate of drug-likeness (QED) is 0.702. The van der Waals surface area contributed by atoms with Crippen LogP contribution in [0.25, 0.3) is 0 Å². The van der Waals surface area contributed by atoms with Crippen LogP contribution in [0.15, 0.2) is 0 Å². The highest BCUT2D eigenvalue weighted by Gasteiger charge is 2.31. The number of methoxy groups -OCH3 is 1. The number of rotatable bonds is 3. The molecule has 2 unspecified atom stereocenters. The lowest BCUT2D eigenvalue weighted by molar-refractivity contribution is -0.146. The second-order valence-electron chi connectivity index (χ2n) is 3.67. The number of carboxylic acids is 1. The molecule has 0 radical (unpaired) electrons. The molecule has 1 fully saturated rings. The second-order valence-corrected chi connectivity index (χ2v) is 3.67. The summed E-state index contributed by atoms with van der Waals surface area (Å²) in [7, 11) is 1.31. The summed E-state index contributed by atoms with van der Waals surface area (Å²) in [6, 6.07) is 0. The van der Waals surface area contributed by atoms with Gasteiger partial charge in [-0.3, -0.25) is 9.59 Å². The van der Waals surface area contributed by atoms with Crippen LogP contribution in [0.5, 0.6) is 0 Å². The number of hydrogen-bond donors (Lipinski definition) is 1. The zero-order chi connectivity index (χ0) is 11.3. The van der Waals surface area contributed by atoms with Crippen LogP contribution in [0.1, 0.15) is 19.3 Å². The SMILES string of the molecule is COC(=O)CC1CCOCCC1C(=O)O. The van der Waals surface area contributed by atoms with Gasteiger partial charge < -0.3 is 14.6 Å². The van der Waals surface area contributed by atoms with E-state index in [-0.39, 0.29) is 18.3 Å². The van der Waals surface area contributed by atoms with Crippen molar-refractivity contribution in [3.05, 3.63) is 0 Å². The predicted octanol–water partition coefficient (Wildman–Crippen LogP) is 0.677. The van der Waals surface area contributed by atoms with Gasteiger partial charge in [0.05, 0.1) is 13.0 Å². The Hall–Kier alpha value is -1.10. The van der Waals surface area contributed by atoms with Crippen molar-refractivity contribution in [2.45, 2.75) is 19.3 Å². The molecule has 1 aliphatic heterocycles. The number of hydrogen-bond acceptors (Lipinski definition) is 4. The monoisotopic (exact) mass is 216 g/mol. The summed E-state index contributed by atoms with van der Waals surface area (Å²) in [5.74, 6) is -1.87. The first-order chi connectivity index (χ1) is 7.15. The van der Waals surface area contributed by atoms with Crippen LogP contribution in [0.2, 0.25) is 0 Å². The lowest BCUT2D eigenvalue weighted by Gasteiger charge is -2.19. The van der Waals surface area contributed by atoms with E-state index >= 15 is 0 Å². The zero-order valence-electron chi connectivity index (χ0n) is 8.77. The van der Waals surface area contributed by atoms with Crippen molar-refractivity contribution >= 4 is 11.9 Å². The molecule has 1 aliphatic rings. The molecule has 5 nitrogen and oxygen atoms in total. The largest absolute Gasteiger partial charge is 0.481 e. The van der Waals surface area contributed by atoms with Gasteiger partial charge in [0.2, 0.25) is 0 Å². The van der Waals surface area contributed by atoms with Gasteiger partial charge in [0.1, 0.15) is 0 Å². The molecule has 0 aliphatic carbocycles. The van der Waals surface area contributed by atoms with Crippen molar-refractivity contribution < 1.29 is 24.2 Å². The predicted molar refractivity (Wildman–Crippen MR) is 51.3 cm³/mol. The molecule has 1 N–H and O–H groups in total. The van der Waals surface area contributed by atoms with Crippen molar-refractivity contribution in [3.8, 4) is 0 Å². The number of ether oxygens (including phenoxy) is 2. The Balaban J connectivity index is 2.61. The molecule has 2 atom stereocenters. The Bertz CT molecular complexity index is 238. The molecule has 5 heteroatoms. The number of esters is 1. The van der Waals surface area contributed by atoms with Gasteiger partial charge in [-0.15, -0.1) is 0 Å². The van der Waals surface area contributed by atoms with Gasteiger partial charge in [0.25, 0.3) is 0 Å². The van der Waals surface area contributed by atoms with Gasteiger partial charge in [-0.2, -0.15) is 0 Å². The lowest BCUT2D eigenvalue weighted by atomic mass is 9.85. The van der Waals surface area contributed by atoms with E-state index in [1.165, 1.54) is 7.11 Å². The molecular weight excluding hydrogens is 200 g/mol. The molecule has 0 aromatic rings. The summed E-state index contributed by atoms with van der Waals surface area (Å²) in [6.45, 7) is 0.972. The van der Waals surface area contributed by atoms with Crippen molar-refractivity contribution in [2.75, 3.05) is 20.3 Å². The molecule has 0 amide bonds. The Kier molecular flexibility index (Phi) is 4.55. The van der Waals surface area contributed by atoms with Crippen LogP contribution >= 0.6 is 0 Å². The van der Waals surface area contributed by atoms with Crippen LogP contribution in [-0.2, 0) is 19.1 Å². The van der Waals surface area contributed by atoms with E-state index < -0.39 is 11.9 Å².